The van der Waals surface area contributed by atoms with Crippen molar-refractivity contribution in [1.82, 2.24) is 15.5 Å². The van der Waals surface area contributed by atoms with Crippen molar-refractivity contribution in [3.8, 4) is 0 Å². The average molecular weight is 448 g/mol. The normalized spacial score (nSPS) is 16.4. The summed E-state index contributed by atoms with van der Waals surface area (Å²) in [6.45, 7) is 8.53. The van der Waals surface area contributed by atoms with Crippen molar-refractivity contribution in [3.05, 3.63) is 35.9 Å². The summed E-state index contributed by atoms with van der Waals surface area (Å²) >= 11 is 0. The van der Waals surface area contributed by atoms with E-state index in [1.165, 1.54) is 4.90 Å². The lowest BCUT2D eigenvalue weighted by atomic mass is 10.0. The Balaban J connectivity index is 2.31. The Morgan fingerprint density at radius 1 is 1.16 bits per heavy atom. The van der Waals surface area contributed by atoms with Gasteiger partial charge in [-0.05, 0) is 52.5 Å². The number of rotatable bonds is 10. The van der Waals surface area contributed by atoms with Gasteiger partial charge in [0, 0.05) is 12.1 Å². The largest absolute Gasteiger partial charge is 0.444 e. The molecule has 0 aliphatic heterocycles. The number of benzene rings is 1. The van der Waals surface area contributed by atoms with Gasteiger partial charge < -0.3 is 25.4 Å². The number of hydrogen-bond donors (Lipinski definition) is 3. The molecular formula is C24H37N3O5. The number of hydrogen-bond acceptors (Lipinski definition) is 5. The summed E-state index contributed by atoms with van der Waals surface area (Å²) in [7, 11) is 0. The highest BCUT2D eigenvalue weighted by Gasteiger charge is 2.44. The quantitative estimate of drug-likeness (QED) is 0.511. The van der Waals surface area contributed by atoms with Gasteiger partial charge in [0.2, 0.25) is 11.8 Å². The third kappa shape index (κ3) is 7.51. The fourth-order valence-electron chi connectivity index (χ4n) is 3.59. The molecule has 0 aromatic heterocycles. The van der Waals surface area contributed by atoms with E-state index in [1.54, 1.807) is 20.8 Å². The van der Waals surface area contributed by atoms with E-state index in [4.69, 9.17) is 4.74 Å². The molecule has 1 aromatic rings. The lowest BCUT2D eigenvalue weighted by Crippen LogP contribution is -2.55. The number of amides is 3. The molecular weight excluding hydrogens is 410 g/mol. The highest BCUT2D eigenvalue weighted by atomic mass is 16.6. The Bertz CT molecular complexity index is 774. The fraction of sp³-hybridized carbons (Fsp3) is 0.625. The molecule has 1 fully saturated rings. The van der Waals surface area contributed by atoms with Crippen LogP contribution in [-0.2, 0) is 14.3 Å². The summed E-state index contributed by atoms with van der Waals surface area (Å²) in [5.74, 6) is -0.778. The smallest absolute Gasteiger partial charge is 0.408 e. The molecule has 8 nitrogen and oxygen atoms in total. The minimum Gasteiger partial charge on any atom is -0.444 e. The van der Waals surface area contributed by atoms with E-state index >= 15 is 0 Å². The molecule has 1 aliphatic rings. The van der Waals surface area contributed by atoms with Crippen LogP contribution in [0.4, 0.5) is 4.79 Å². The number of aliphatic hydroxyl groups excluding tert-OH is 1. The van der Waals surface area contributed by atoms with Crippen LogP contribution in [0, 0.1) is 0 Å². The van der Waals surface area contributed by atoms with Gasteiger partial charge in [0.1, 0.15) is 17.7 Å². The minimum atomic E-state index is -1.21. The van der Waals surface area contributed by atoms with Gasteiger partial charge in [0.05, 0.1) is 6.61 Å². The Morgan fingerprint density at radius 2 is 1.78 bits per heavy atom. The van der Waals surface area contributed by atoms with Crippen molar-refractivity contribution in [2.24, 2.45) is 0 Å². The predicted octanol–water partition coefficient (Wildman–Crippen LogP) is 2.91. The topological polar surface area (TPSA) is 108 Å². The van der Waals surface area contributed by atoms with Gasteiger partial charge in [-0.25, -0.2) is 4.79 Å². The van der Waals surface area contributed by atoms with Crippen molar-refractivity contribution in [2.75, 3.05) is 6.61 Å². The second kappa shape index (κ2) is 11.3. The summed E-state index contributed by atoms with van der Waals surface area (Å²) in [4.78, 5) is 40.6. The van der Waals surface area contributed by atoms with Crippen LogP contribution in [0.3, 0.4) is 0 Å². The molecule has 0 radical (unpaired) electrons. The number of aliphatic hydroxyl groups is 1. The Kier molecular flexibility index (Phi) is 9.07. The first-order valence-electron chi connectivity index (χ1n) is 11.3. The van der Waals surface area contributed by atoms with Gasteiger partial charge in [-0.2, -0.15) is 0 Å². The third-order valence-electron chi connectivity index (χ3n) is 5.12. The molecule has 0 heterocycles. The van der Waals surface area contributed by atoms with E-state index in [9.17, 15) is 19.5 Å². The van der Waals surface area contributed by atoms with Crippen molar-refractivity contribution in [1.29, 1.82) is 0 Å². The molecule has 0 spiro atoms. The minimum absolute atomic E-state index is 0.0385. The second-order valence-corrected chi connectivity index (χ2v) is 9.37. The monoisotopic (exact) mass is 447 g/mol. The molecule has 0 saturated heterocycles. The average Bonchev–Trinajstić information content (AvgIpc) is 3.54. The lowest BCUT2D eigenvalue weighted by molar-refractivity contribution is -0.144. The van der Waals surface area contributed by atoms with Crippen LogP contribution in [0.5, 0.6) is 0 Å². The molecule has 2 rings (SSSR count). The maximum absolute atomic E-state index is 13.5. The first-order valence-corrected chi connectivity index (χ1v) is 11.3. The van der Waals surface area contributed by atoms with Gasteiger partial charge in [-0.3, -0.25) is 9.59 Å². The first kappa shape index (κ1) is 25.6. The molecule has 0 bridgehead atoms. The summed E-state index contributed by atoms with van der Waals surface area (Å²) < 4.78 is 5.24. The molecule has 3 unspecified atom stereocenters. The number of nitrogens with one attached hydrogen (secondary N) is 2. The van der Waals surface area contributed by atoms with E-state index in [0.29, 0.717) is 5.56 Å². The van der Waals surface area contributed by atoms with E-state index < -0.39 is 36.3 Å². The molecule has 8 heteroatoms. The summed E-state index contributed by atoms with van der Waals surface area (Å²) in [6.07, 6.45) is 2.48. The number of carbonyl (C=O) groups excluding carboxylic acids is 3. The molecule has 3 atom stereocenters. The Labute approximate surface area is 190 Å². The van der Waals surface area contributed by atoms with Crippen molar-refractivity contribution in [2.45, 2.75) is 90.1 Å². The Morgan fingerprint density at radius 3 is 2.28 bits per heavy atom. The van der Waals surface area contributed by atoms with Crippen LogP contribution in [0.1, 0.15) is 71.9 Å². The maximum Gasteiger partial charge on any atom is 0.408 e. The molecule has 1 aliphatic carbocycles. The van der Waals surface area contributed by atoms with E-state index in [-0.39, 0.29) is 18.0 Å². The highest BCUT2D eigenvalue weighted by molar-refractivity contribution is 5.92. The fourth-order valence-corrected chi connectivity index (χ4v) is 3.59. The maximum atomic E-state index is 13.5. The van der Waals surface area contributed by atoms with E-state index in [0.717, 1.165) is 25.7 Å². The van der Waals surface area contributed by atoms with Gasteiger partial charge in [0.15, 0.2) is 0 Å². The third-order valence-corrected chi connectivity index (χ3v) is 5.12. The lowest BCUT2D eigenvalue weighted by Gasteiger charge is -2.34. The van der Waals surface area contributed by atoms with E-state index in [2.05, 4.69) is 10.6 Å². The van der Waals surface area contributed by atoms with Crippen molar-refractivity contribution < 1.29 is 24.2 Å². The predicted molar refractivity (Wildman–Crippen MR) is 122 cm³/mol. The zero-order chi connectivity index (χ0) is 23.9. The number of alkyl carbamates (subject to hydrolysis) is 1. The number of carbonyl (C=O) groups is 3. The zero-order valence-electron chi connectivity index (χ0n) is 19.8. The molecule has 1 aromatic carbocycles. The van der Waals surface area contributed by atoms with Crippen LogP contribution in [0.25, 0.3) is 0 Å². The zero-order valence-corrected chi connectivity index (χ0v) is 19.8. The molecule has 3 N–H and O–H groups in total. The second-order valence-electron chi connectivity index (χ2n) is 9.37. The van der Waals surface area contributed by atoms with Gasteiger partial charge in [0.25, 0.3) is 0 Å². The number of ether oxygens (including phenoxy) is 1. The standard InChI is InChI=1S/C24H37N3O5/c1-6-10-16(2)25-21(29)20(17-11-8-7-9-12-17)27(18-13-14-18)22(30)19(15-28)26-23(31)32-24(3,4)5/h7-9,11-12,16,18-20,28H,6,10,13-15H2,1-5H3,(H,25,29)(H,26,31). The molecule has 3 amide bonds. The Hall–Kier alpha value is -2.61. The van der Waals surface area contributed by atoms with Crippen LogP contribution < -0.4 is 10.6 Å². The van der Waals surface area contributed by atoms with Crippen molar-refractivity contribution >= 4 is 17.9 Å². The van der Waals surface area contributed by atoms with Crippen molar-refractivity contribution in [3.63, 3.8) is 0 Å². The van der Waals surface area contributed by atoms with Crippen LogP contribution in [0.2, 0.25) is 0 Å². The van der Waals surface area contributed by atoms with Crippen LogP contribution in [-0.4, -0.2) is 58.2 Å². The van der Waals surface area contributed by atoms with E-state index in [1.807, 2.05) is 44.2 Å². The summed E-state index contributed by atoms with van der Waals surface area (Å²) in [5, 5.41) is 15.4. The van der Waals surface area contributed by atoms with Crippen LogP contribution >= 0.6 is 0 Å². The highest BCUT2D eigenvalue weighted by Crippen LogP contribution is 2.35. The van der Waals surface area contributed by atoms with Gasteiger partial charge >= 0.3 is 6.09 Å². The first-order chi connectivity index (χ1) is 15.1. The molecule has 32 heavy (non-hydrogen) atoms. The number of nitrogens with zero attached hydrogens (tertiary/aromatic N) is 1. The van der Waals surface area contributed by atoms with Gasteiger partial charge in [-0.1, -0.05) is 43.7 Å². The SMILES string of the molecule is CCCC(C)NC(=O)C(c1ccccc1)N(C(=O)C(CO)NC(=O)OC(C)(C)C)C1CC1. The summed E-state index contributed by atoms with van der Waals surface area (Å²) in [5.41, 5.74) is -0.0616. The van der Waals surface area contributed by atoms with Gasteiger partial charge in [-0.15, -0.1) is 0 Å². The summed E-state index contributed by atoms with van der Waals surface area (Å²) in [6, 6.07) is 6.88. The van der Waals surface area contributed by atoms with Crippen LogP contribution in [0.15, 0.2) is 30.3 Å². The molecule has 1 saturated carbocycles. The molecule has 178 valence electrons.